The Morgan fingerprint density at radius 2 is 2.15 bits per heavy atom. The van der Waals surface area contributed by atoms with E-state index in [9.17, 15) is 9.59 Å². The second kappa shape index (κ2) is 6.24. The van der Waals surface area contributed by atoms with Gasteiger partial charge in [-0.25, -0.2) is 9.67 Å². The number of nitrogens with one attached hydrogen (secondary N) is 1. The van der Waals surface area contributed by atoms with Gasteiger partial charge in [0.1, 0.15) is 18.7 Å². The predicted octanol–water partition coefficient (Wildman–Crippen LogP) is 0.561. The molecule has 0 aromatic carbocycles. The number of aromatic amines is 1. The van der Waals surface area contributed by atoms with Crippen LogP contribution < -0.4 is 5.56 Å². The van der Waals surface area contributed by atoms with E-state index < -0.39 is 0 Å². The van der Waals surface area contributed by atoms with E-state index in [1.807, 2.05) is 25.7 Å². The van der Waals surface area contributed by atoms with Crippen molar-refractivity contribution in [1.82, 2.24) is 35.1 Å². The molecule has 1 fully saturated rings. The van der Waals surface area contributed by atoms with E-state index in [0.717, 1.165) is 36.9 Å². The van der Waals surface area contributed by atoms with E-state index in [4.69, 9.17) is 4.98 Å². The molecule has 2 aromatic heterocycles. The SMILES string of the molecule is CC(C)(C)c1nc2c(c(=O)[nH]1)CCC21CCCN(C(=O)Cn2cnnn2)C1. The molecule has 144 valence electrons. The van der Waals surface area contributed by atoms with Crippen LogP contribution in [-0.2, 0) is 28.6 Å². The van der Waals surface area contributed by atoms with Gasteiger partial charge in [-0.2, -0.15) is 0 Å². The van der Waals surface area contributed by atoms with Crippen molar-refractivity contribution in [3.63, 3.8) is 0 Å². The average Bonchev–Trinajstić information content (AvgIpc) is 3.23. The molecule has 1 N–H and O–H groups in total. The lowest BCUT2D eigenvalue weighted by Gasteiger charge is -2.40. The van der Waals surface area contributed by atoms with Gasteiger partial charge in [0.25, 0.3) is 5.56 Å². The Balaban J connectivity index is 1.64. The Morgan fingerprint density at radius 1 is 1.33 bits per heavy atom. The van der Waals surface area contributed by atoms with Crippen molar-refractivity contribution >= 4 is 5.91 Å². The lowest BCUT2D eigenvalue weighted by Crippen LogP contribution is -2.49. The zero-order valence-corrected chi connectivity index (χ0v) is 16.0. The third-order valence-corrected chi connectivity index (χ3v) is 5.70. The molecule has 1 unspecified atom stereocenters. The minimum Gasteiger partial charge on any atom is -0.340 e. The molecule has 1 saturated heterocycles. The summed E-state index contributed by atoms with van der Waals surface area (Å²) >= 11 is 0. The Hall–Kier alpha value is -2.58. The van der Waals surface area contributed by atoms with E-state index in [0.29, 0.717) is 18.9 Å². The summed E-state index contributed by atoms with van der Waals surface area (Å²) in [5.74, 6) is 0.709. The number of hydrogen-bond acceptors (Lipinski definition) is 6. The van der Waals surface area contributed by atoms with Crippen LogP contribution in [0.15, 0.2) is 11.1 Å². The van der Waals surface area contributed by atoms with Crippen LogP contribution in [0.4, 0.5) is 0 Å². The smallest absolute Gasteiger partial charge is 0.254 e. The number of likely N-dealkylation sites (tertiary alicyclic amines) is 1. The molecule has 1 aliphatic heterocycles. The number of tetrazole rings is 1. The standard InChI is InChI=1S/C18H25N7O2/c1-17(2,3)16-20-14-12(15(27)21-16)5-7-18(14)6-4-8-24(10-18)13(26)9-25-11-19-22-23-25/h11H,4-10H2,1-3H3,(H,20,21,27). The first-order valence-electron chi connectivity index (χ1n) is 9.41. The molecule has 9 heteroatoms. The third kappa shape index (κ3) is 3.15. The Labute approximate surface area is 157 Å². The topological polar surface area (TPSA) is 110 Å². The van der Waals surface area contributed by atoms with Crippen LogP contribution in [0, 0.1) is 0 Å². The predicted molar refractivity (Wildman–Crippen MR) is 97.2 cm³/mol. The molecule has 3 heterocycles. The first-order valence-corrected chi connectivity index (χ1v) is 9.41. The molecule has 0 saturated carbocycles. The molecule has 0 radical (unpaired) electrons. The van der Waals surface area contributed by atoms with E-state index >= 15 is 0 Å². The minimum atomic E-state index is -0.234. The number of hydrogen-bond donors (Lipinski definition) is 1. The van der Waals surface area contributed by atoms with Crippen molar-refractivity contribution in [2.24, 2.45) is 0 Å². The molecule has 4 rings (SSSR count). The molecular formula is C18H25N7O2. The number of amides is 1. The molecular weight excluding hydrogens is 346 g/mol. The first kappa shape index (κ1) is 17.8. The lowest BCUT2D eigenvalue weighted by molar-refractivity contribution is -0.134. The van der Waals surface area contributed by atoms with Crippen molar-refractivity contribution in [3.05, 3.63) is 33.8 Å². The van der Waals surface area contributed by atoms with E-state index in [1.165, 1.54) is 11.0 Å². The fourth-order valence-electron chi connectivity index (χ4n) is 4.24. The maximum absolute atomic E-state index is 12.7. The molecule has 1 aliphatic carbocycles. The van der Waals surface area contributed by atoms with Gasteiger partial charge in [0.15, 0.2) is 0 Å². The summed E-state index contributed by atoms with van der Waals surface area (Å²) in [6.07, 6.45) is 4.88. The maximum atomic E-state index is 12.7. The van der Waals surface area contributed by atoms with Gasteiger partial charge < -0.3 is 9.88 Å². The summed E-state index contributed by atoms with van der Waals surface area (Å²) in [6, 6.07) is 0. The van der Waals surface area contributed by atoms with Crippen molar-refractivity contribution in [2.45, 2.75) is 63.8 Å². The Morgan fingerprint density at radius 3 is 2.85 bits per heavy atom. The molecule has 1 amide bonds. The first-order chi connectivity index (χ1) is 12.8. The number of piperidine rings is 1. The van der Waals surface area contributed by atoms with Crippen molar-refractivity contribution in [3.8, 4) is 0 Å². The van der Waals surface area contributed by atoms with Gasteiger partial charge in [-0.3, -0.25) is 9.59 Å². The number of aromatic nitrogens is 6. The number of rotatable bonds is 2. The second-order valence-electron chi connectivity index (χ2n) is 8.70. The van der Waals surface area contributed by atoms with E-state index in [1.54, 1.807) is 0 Å². The van der Waals surface area contributed by atoms with Crippen LogP contribution >= 0.6 is 0 Å². The molecule has 2 aliphatic rings. The van der Waals surface area contributed by atoms with Crippen molar-refractivity contribution < 1.29 is 4.79 Å². The van der Waals surface area contributed by atoms with E-state index in [2.05, 4.69) is 20.5 Å². The fourth-order valence-corrected chi connectivity index (χ4v) is 4.24. The van der Waals surface area contributed by atoms with Crippen molar-refractivity contribution in [2.75, 3.05) is 13.1 Å². The number of carbonyl (C=O) groups is 1. The highest BCUT2D eigenvalue weighted by Gasteiger charge is 2.46. The zero-order valence-electron chi connectivity index (χ0n) is 16.0. The van der Waals surface area contributed by atoms with Crippen LogP contribution in [0.1, 0.15) is 57.1 Å². The second-order valence-corrected chi connectivity index (χ2v) is 8.70. The largest absolute Gasteiger partial charge is 0.340 e. The normalized spacial score (nSPS) is 22.3. The number of fused-ring (bicyclic) bond motifs is 2. The summed E-state index contributed by atoms with van der Waals surface area (Å²) in [6.45, 7) is 7.58. The monoisotopic (exact) mass is 371 g/mol. The van der Waals surface area contributed by atoms with Gasteiger partial charge in [-0.15, -0.1) is 5.10 Å². The summed E-state index contributed by atoms with van der Waals surface area (Å²) in [5, 5.41) is 10.9. The van der Waals surface area contributed by atoms with Gasteiger partial charge in [0, 0.05) is 29.5 Å². The quantitative estimate of drug-likeness (QED) is 0.826. The van der Waals surface area contributed by atoms with Gasteiger partial charge in [-0.05, 0) is 36.1 Å². The average molecular weight is 371 g/mol. The molecule has 0 bridgehead atoms. The number of carbonyl (C=O) groups excluding carboxylic acids is 1. The molecule has 1 atom stereocenters. The van der Waals surface area contributed by atoms with Gasteiger partial charge in [0.2, 0.25) is 5.91 Å². The van der Waals surface area contributed by atoms with Crippen LogP contribution in [0.5, 0.6) is 0 Å². The van der Waals surface area contributed by atoms with Crippen molar-refractivity contribution in [1.29, 1.82) is 0 Å². The van der Waals surface area contributed by atoms with E-state index in [-0.39, 0.29) is 28.8 Å². The van der Waals surface area contributed by atoms with Gasteiger partial charge >= 0.3 is 0 Å². The molecule has 1 spiro atoms. The maximum Gasteiger partial charge on any atom is 0.254 e. The summed E-state index contributed by atoms with van der Waals surface area (Å²) in [7, 11) is 0. The van der Waals surface area contributed by atoms with Crippen LogP contribution in [0.25, 0.3) is 0 Å². The summed E-state index contributed by atoms with van der Waals surface area (Å²) in [5.41, 5.74) is 1.20. The van der Waals surface area contributed by atoms with Crippen LogP contribution in [0.2, 0.25) is 0 Å². The third-order valence-electron chi connectivity index (χ3n) is 5.70. The summed E-state index contributed by atoms with van der Waals surface area (Å²) in [4.78, 5) is 35.1. The number of H-pyrrole nitrogens is 1. The van der Waals surface area contributed by atoms with Crippen LogP contribution in [-0.4, -0.2) is 54.1 Å². The highest BCUT2D eigenvalue weighted by atomic mass is 16.2. The lowest BCUT2D eigenvalue weighted by atomic mass is 9.77. The zero-order chi connectivity index (χ0) is 19.2. The molecule has 9 nitrogen and oxygen atoms in total. The number of nitrogens with zero attached hydrogens (tertiary/aromatic N) is 6. The summed E-state index contributed by atoms with van der Waals surface area (Å²) < 4.78 is 1.44. The molecule has 2 aromatic rings. The Kier molecular flexibility index (Phi) is 4.12. The fraction of sp³-hybridized carbons (Fsp3) is 0.667. The minimum absolute atomic E-state index is 0.00397. The highest BCUT2D eigenvalue weighted by Crippen LogP contribution is 2.43. The highest BCUT2D eigenvalue weighted by molar-refractivity contribution is 5.76. The molecule has 27 heavy (non-hydrogen) atoms. The Bertz CT molecular complexity index is 913. The van der Waals surface area contributed by atoms with Gasteiger partial charge in [-0.1, -0.05) is 20.8 Å². The van der Waals surface area contributed by atoms with Crippen LogP contribution in [0.3, 0.4) is 0 Å². The van der Waals surface area contributed by atoms with Gasteiger partial charge in [0.05, 0.1) is 5.69 Å².